The van der Waals surface area contributed by atoms with Crippen LogP contribution in [0, 0.1) is 0 Å². The second-order valence-electron chi connectivity index (χ2n) is 4.20. The van der Waals surface area contributed by atoms with Crippen LogP contribution in [-0.2, 0) is 6.54 Å². The maximum atomic E-state index is 10.8. The standard InChI is InChI=1S/C13H10N6O2/c20-13(21)9-2-3-10(16-6-9)11-7-19(18-17-11)8-12-14-4-1-5-15-12/h1-7H,8H2,(H,20,21). The molecule has 0 saturated heterocycles. The predicted molar refractivity (Wildman–Crippen MR) is 71.3 cm³/mol. The molecule has 0 fully saturated rings. The molecule has 0 amide bonds. The van der Waals surface area contributed by atoms with Gasteiger partial charge in [0.15, 0.2) is 0 Å². The first-order valence-electron chi connectivity index (χ1n) is 6.08. The van der Waals surface area contributed by atoms with Crippen LogP contribution in [-0.4, -0.2) is 41.0 Å². The molecule has 8 nitrogen and oxygen atoms in total. The Morgan fingerprint density at radius 3 is 2.62 bits per heavy atom. The van der Waals surface area contributed by atoms with Crippen LogP contribution in [0.3, 0.4) is 0 Å². The fraction of sp³-hybridized carbons (Fsp3) is 0.0769. The predicted octanol–water partition coefficient (Wildman–Crippen LogP) is 0.877. The van der Waals surface area contributed by atoms with Gasteiger partial charge in [-0.2, -0.15) is 0 Å². The number of aromatic nitrogens is 6. The highest BCUT2D eigenvalue weighted by atomic mass is 16.4. The zero-order valence-corrected chi connectivity index (χ0v) is 10.8. The molecule has 0 aliphatic rings. The Morgan fingerprint density at radius 2 is 1.95 bits per heavy atom. The average molecular weight is 282 g/mol. The minimum atomic E-state index is -1.01. The summed E-state index contributed by atoms with van der Waals surface area (Å²) in [5.74, 6) is -0.387. The van der Waals surface area contributed by atoms with Crippen LogP contribution >= 0.6 is 0 Å². The number of carbonyl (C=O) groups is 1. The molecular formula is C13H10N6O2. The second-order valence-corrected chi connectivity index (χ2v) is 4.20. The van der Waals surface area contributed by atoms with Crippen molar-refractivity contribution in [3.63, 3.8) is 0 Å². The quantitative estimate of drug-likeness (QED) is 0.756. The largest absolute Gasteiger partial charge is 0.478 e. The van der Waals surface area contributed by atoms with E-state index < -0.39 is 5.97 Å². The summed E-state index contributed by atoms with van der Waals surface area (Å²) in [5.41, 5.74) is 1.24. The average Bonchev–Trinajstić information content (AvgIpc) is 2.97. The Hall–Kier alpha value is -3.16. The third kappa shape index (κ3) is 2.89. The van der Waals surface area contributed by atoms with Gasteiger partial charge in [0.2, 0.25) is 0 Å². The van der Waals surface area contributed by atoms with Gasteiger partial charge < -0.3 is 5.11 Å². The fourth-order valence-electron chi connectivity index (χ4n) is 1.72. The summed E-state index contributed by atoms with van der Waals surface area (Å²) in [6, 6.07) is 4.81. The summed E-state index contributed by atoms with van der Waals surface area (Å²) < 4.78 is 1.59. The normalized spacial score (nSPS) is 10.5. The van der Waals surface area contributed by atoms with Gasteiger partial charge in [0, 0.05) is 18.6 Å². The molecule has 3 aromatic heterocycles. The molecule has 0 spiro atoms. The van der Waals surface area contributed by atoms with E-state index in [1.807, 2.05) is 0 Å². The van der Waals surface area contributed by atoms with Crippen LogP contribution in [0.15, 0.2) is 43.0 Å². The van der Waals surface area contributed by atoms with Crippen molar-refractivity contribution in [2.24, 2.45) is 0 Å². The molecule has 0 atom stereocenters. The number of aromatic carboxylic acids is 1. The summed E-state index contributed by atoms with van der Waals surface area (Å²) in [6.45, 7) is 0.404. The number of hydrogen-bond donors (Lipinski definition) is 1. The maximum Gasteiger partial charge on any atom is 0.337 e. The van der Waals surface area contributed by atoms with E-state index in [0.29, 0.717) is 23.8 Å². The van der Waals surface area contributed by atoms with Gasteiger partial charge in [-0.05, 0) is 18.2 Å². The number of pyridine rings is 1. The highest BCUT2D eigenvalue weighted by Crippen LogP contribution is 2.13. The van der Waals surface area contributed by atoms with Crippen LogP contribution in [0.1, 0.15) is 16.2 Å². The van der Waals surface area contributed by atoms with Gasteiger partial charge in [0.25, 0.3) is 0 Å². The molecule has 3 aromatic rings. The first-order valence-corrected chi connectivity index (χ1v) is 6.08. The van der Waals surface area contributed by atoms with Crippen molar-refractivity contribution in [3.05, 3.63) is 54.4 Å². The van der Waals surface area contributed by atoms with E-state index in [9.17, 15) is 4.79 Å². The third-order valence-corrected chi connectivity index (χ3v) is 2.73. The van der Waals surface area contributed by atoms with Crippen molar-refractivity contribution < 1.29 is 9.90 Å². The van der Waals surface area contributed by atoms with Crippen LogP contribution < -0.4 is 0 Å². The summed E-state index contributed by atoms with van der Waals surface area (Å²) >= 11 is 0. The Kier molecular flexibility index (Phi) is 3.34. The SMILES string of the molecule is O=C(O)c1ccc(-c2cn(Cc3ncccn3)nn2)nc1. The number of rotatable bonds is 4. The third-order valence-electron chi connectivity index (χ3n) is 2.73. The molecule has 21 heavy (non-hydrogen) atoms. The summed E-state index contributed by atoms with van der Waals surface area (Å²) in [6.07, 6.45) is 6.31. The molecule has 1 N–H and O–H groups in total. The Morgan fingerprint density at radius 1 is 1.14 bits per heavy atom. The van der Waals surface area contributed by atoms with E-state index in [4.69, 9.17) is 5.11 Å². The second kappa shape index (κ2) is 5.45. The van der Waals surface area contributed by atoms with Crippen molar-refractivity contribution in [2.75, 3.05) is 0 Å². The first kappa shape index (κ1) is 12.9. The molecule has 0 radical (unpaired) electrons. The number of nitrogens with zero attached hydrogens (tertiary/aromatic N) is 6. The lowest BCUT2D eigenvalue weighted by Crippen LogP contribution is -2.04. The van der Waals surface area contributed by atoms with E-state index >= 15 is 0 Å². The lowest BCUT2D eigenvalue weighted by Gasteiger charge is -1.98. The summed E-state index contributed by atoms with van der Waals surface area (Å²) in [5, 5.41) is 16.8. The van der Waals surface area contributed by atoms with Crippen molar-refractivity contribution in [2.45, 2.75) is 6.54 Å². The van der Waals surface area contributed by atoms with Gasteiger partial charge in [-0.15, -0.1) is 5.10 Å². The lowest BCUT2D eigenvalue weighted by molar-refractivity contribution is 0.0696. The minimum Gasteiger partial charge on any atom is -0.478 e. The summed E-state index contributed by atoms with van der Waals surface area (Å²) in [4.78, 5) is 23.0. The molecule has 3 rings (SSSR count). The Bertz CT molecular complexity index is 754. The molecule has 0 aliphatic carbocycles. The molecular weight excluding hydrogens is 272 g/mol. The van der Waals surface area contributed by atoms with Gasteiger partial charge in [-0.25, -0.2) is 19.4 Å². The smallest absolute Gasteiger partial charge is 0.337 e. The van der Waals surface area contributed by atoms with E-state index in [1.165, 1.54) is 12.3 Å². The molecule has 0 unspecified atom stereocenters. The van der Waals surface area contributed by atoms with Crippen LogP contribution in [0.25, 0.3) is 11.4 Å². The zero-order chi connectivity index (χ0) is 14.7. The summed E-state index contributed by atoms with van der Waals surface area (Å²) in [7, 11) is 0. The van der Waals surface area contributed by atoms with E-state index in [1.54, 1.807) is 35.4 Å². The van der Waals surface area contributed by atoms with Crippen molar-refractivity contribution in [3.8, 4) is 11.4 Å². The van der Waals surface area contributed by atoms with Gasteiger partial charge in [-0.1, -0.05) is 5.21 Å². The molecule has 0 saturated carbocycles. The molecule has 0 bridgehead atoms. The van der Waals surface area contributed by atoms with E-state index in [0.717, 1.165) is 0 Å². The molecule has 0 aliphatic heterocycles. The number of carboxylic acid groups (broad SMARTS) is 1. The van der Waals surface area contributed by atoms with Crippen LogP contribution in [0.2, 0.25) is 0 Å². The number of carboxylic acids is 1. The first-order chi connectivity index (χ1) is 10.2. The molecule has 3 heterocycles. The topological polar surface area (TPSA) is 107 Å². The maximum absolute atomic E-state index is 10.8. The van der Waals surface area contributed by atoms with Crippen LogP contribution in [0.5, 0.6) is 0 Å². The monoisotopic (exact) mass is 282 g/mol. The van der Waals surface area contributed by atoms with Gasteiger partial charge >= 0.3 is 5.97 Å². The highest BCUT2D eigenvalue weighted by molar-refractivity contribution is 5.87. The van der Waals surface area contributed by atoms with Crippen LogP contribution in [0.4, 0.5) is 0 Å². The fourth-order valence-corrected chi connectivity index (χ4v) is 1.72. The molecule has 104 valence electrons. The Balaban J connectivity index is 1.80. The lowest BCUT2D eigenvalue weighted by atomic mass is 10.2. The number of hydrogen-bond acceptors (Lipinski definition) is 6. The molecule has 0 aromatic carbocycles. The molecule has 8 heteroatoms. The van der Waals surface area contributed by atoms with Gasteiger partial charge in [0.1, 0.15) is 18.1 Å². The highest BCUT2D eigenvalue weighted by Gasteiger charge is 2.08. The van der Waals surface area contributed by atoms with E-state index in [-0.39, 0.29) is 5.56 Å². The van der Waals surface area contributed by atoms with E-state index in [2.05, 4.69) is 25.3 Å². The Labute approximate surface area is 119 Å². The van der Waals surface area contributed by atoms with Gasteiger partial charge in [0.05, 0.1) is 17.5 Å². The zero-order valence-electron chi connectivity index (χ0n) is 10.8. The van der Waals surface area contributed by atoms with Crippen molar-refractivity contribution >= 4 is 5.97 Å². The minimum absolute atomic E-state index is 0.129. The van der Waals surface area contributed by atoms with Gasteiger partial charge in [-0.3, -0.25) is 4.98 Å². The van der Waals surface area contributed by atoms with Crippen molar-refractivity contribution in [1.82, 2.24) is 29.9 Å². The van der Waals surface area contributed by atoms with Crippen molar-refractivity contribution in [1.29, 1.82) is 0 Å².